The highest BCUT2D eigenvalue weighted by molar-refractivity contribution is 5.68. The van der Waals surface area contributed by atoms with E-state index in [2.05, 4.69) is 45.3 Å². The van der Waals surface area contributed by atoms with E-state index in [-0.39, 0.29) is 12.1 Å². The van der Waals surface area contributed by atoms with E-state index in [1.54, 1.807) is 10.8 Å². The van der Waals surface area contributed by atoms with Crippen LogP contribution in [0.15, 0.2) is 12.4 Å². The van der Waals surface area contributed by atoms with Crippen LogP contribution in [0, 0.1) is 18.8 Å². The van der Waals surface area contributed by atoms with Crippen LogP contribution in [-0.4, -0.2) is 69.1 Å². The van der Waals surface area contributed by atoms with Gasteiger partial charge in [-0.2, -0.15) is 9.61 Å². The Morgan fingerprint density at radius 3 is 2.70 bits per heavy atom. The summed E-state index contributed by atoms with van der Waals surface area (Å²) in [6.45, 7) is 4.00. The fourth-order valence-electron chi connectivity index (χ4n) is 4.32. The van der Waals surface area contributed by atoms with Crippen LogP contribution in [0.3, 0.4) is 0 Å². The molecule has 0 aromatic carbocycles. The zero-order valence-electron chi connectivity index (χ0n) is 13.9. The van der Waals surface area contributed by atoms with Crippen molar-refractivity contribution in [2.24, 2.45) is 11.8 Å². The minimum atomic E-state index is -0.224. The second kappa shape index (κ2) is 5.42. The third kappa shape index (κ3) is 2.48. The largest absolute Gasteiger partial charge is 0.391 e. The van der Waals surface area contributed by atoms with Gasteiger partial charge in [0.15, 0.2) is 0 Å². The molecule has 124 valence electrons. The first kappa shape index (κ1) is 14.8. The van der Waals surface area contributed by atoms with Crippen LogP contribution in [0.4, 0.5) is 5.69 Å². The first-order valence-corrected chi connectivity index (χ1v) is 8.30. The molecule has 1 aliphatic carbocycles. The highest BCUT2D eigenvalue weighted by Crippen LogP contribution is 2.40. The van der Waals surface area contributed by atoms with Crippen molar-refractivity contribution in [3.63, 3.8) is 0 Å². The van der Waals surface area contributed by atoms with Crippen molar-refractivity contribution in [3.8, 4) is 0 Å². The predicted octanol–water partition coefficient (Wildman–Crippen LogP) is 0.570. The number of nitrogens with zero attached hydrogens (tertiary/aromatic N) is 6. The fraction of sp³-hybridized carbons (Fsp3) is 0.688. The number of rotatable bonds is 2. The lowest BCUT2D eigenvalue weighted by atomic mass is 9.77. The highest BCUT2D eigenvalue weighted by Gasteiger charge is 2.42. The lowest BCUT2D eigenvalue weighted by molar-refractivity contribution is 0.00942. The van der Waals surface area contributed by atoms with E-state index in [1.165, 1.54) is 0 Å². The van der Waals surface area contributed by atoms with Gasteiger partial charge in [-0.15, -0.1) is 10.2 Å². The summed E-state index contributed by atoms with van der Waals surface area (Å²) in [6, 6.07) is 2.37. The summed E-state index contributed by atoms with van der Waals surface area (Å²) < 4.78 is 1.75. The maximum Gasteiger partial charge on any atom is 0.200 e. The zero-order valence-corrected chi connectivity index (χ0v) is 13.9. The Labute approximate surface area is 135 Å². The van der Waals surface area contributed by atoms with Crippen LogP contribution >= 0.6 is 0 Å². The van der Waals surface area contributed by atoms with Gasteiger partial charge >= 0.3 is 0 Å². The smallest absolute Gasteiger partial charge is 0.200 e. The maximum absolute atomic E-state index is 10.4. The van der Waals surface area contributed by atoms with E-state index in [1.807, 2.05) is 6.92 Å². The van der Waals surface area contributed by atoms with Crippen molar-refractivity contribution in [2.75, 3.05) is 32.1 Å². The Morgan fingerprint density at radius 1 is 1.22 bits per heavy atom. The number of fused-ring (bicyclic) bond motifs is 2. The predicted molar refractivity (Wildman–Crippen MR) is 87.4 cm³/mol. The molecule has 23 heavy (non-hydrogen) atoms. The van der Waals surface area contributed by atoms with Crippen molar-refractivity contribution < 1.29 is 5.11 Å². The number of aliphatic hydroxyl groups excluding tert-OH is 1. The first-order chi connectivity index (χ1) is 11.0. The number of hydrogen-bond donors (Lipinski definition) is 1. The molecule has 3 heterocycles. The Bertz CT molecular complexity index is 714. The summed E-state index contributed by atoms with van der Waals surface area (Å²) in [5.74, 6) is 1.18. The van der Waals surface area contributed by atoms with Gasteiger partial charge in [0.2, 0.25) is 5.65 Å². The molecule has 2 aromatic heterocycles. The SMILES string of the molecule is Cc1cc(N2C[C@H]3C[C@@H](N(C)C)[C@H](O)C[C@H]3C2)c2nncn2n1. The number of anilines is 1. The average molecular weight is 316 g/mol. The molecule has 2 fully saturated rings. The molecule has 7 heteroatoms. The Balaban J connectivity index is 1.62. The molecule has 0 amide bonds. The Kier molecular flexibility index (Phi) is 3.50. The number of hydrogen-bond acceptors (Lipinski definition) is 6. The second-order valence-corrected chi connectivity index (χ2v) is 7.26. The monoisotopic (exact) mass is 316 g/mol. The van der Waals surface area contributed by atoms with Crippen LogP contribution in [-0.2, 0) is 0 Å². The Morgan fingerprint density at radius 2 is 1.96 bits per heavy atom. The first-order valence-electron chi connectivity index (χ1n) is 8.30. The van der Waals surface area contributed by atoms with Crippen molar-refractivity contribution in [1.29, 1.82) is 0 Å². The molecule has 4 atom stereocenters. The molecule has 0 radical (unpaired) electrons. The summed E-state index contributed by atoms with van der Waals surface area (Å²) >= 11 is 0. The van der Waals surface area contributed by atoms with Crippen LogP contribution < -0.4 is 4.90 Å². The third-order valence-corrected chi connectivity index (χ3v) is 5.48. The van der Waals surface area contributed by atoms with Crippen molar-refractivity contribution in [1.82, 2.24) is 24.7 Å². The summed E-state index contributed by atoms with van der Waals surface area (Å²) in [5.41, 5.74) is 2.90. The molecule has 0 unspecified atom stereocenters. The maximum atomic E-state index is 10.4. The average Bonchev–Trinajstić information content (AvgIpc) is 3.10. The normalized spacial score (nSPS) is 31.1. The van der Waals surface area contributed by atoms with Crippen molar-refractivity contribution >= 4 is 11.3 Å². The third-order valence-electron chi connectivity index (χ3n) is 5.48. The minimum Gasteiger partial charge on any atom is -0.391 e. The molecule has 1 N–H and O–H groups in total. The van der Waals surface area contributed by atoms with E-state index in [9.17, 15) is 5.11 Å². The molecule has 0 spiro atoms. The second-order valence-electron chi connectivity index (χ2n) is 7.26. The molecule has 1 aliphatic heterocycles. The molecule has 7 nitrogen and oxygen atoms in total. The van der Waals surface area contributed by atoms with E-state index in [0.717, 1.165) is 43.0 Å². The van der Waals surface area contributed by atoms with Gasteiger partial charge < -0.3 is 14.9 Å². The minimum absolute atomic E-state index is 0.224. The van der Waals surface area contributed by atoms with Gasteiger partial charge in [0, 0.05) is 19.1 Å². The number of aryl methyl sites for hydroxylation is 1. The lowest BCUT2D eigenvalue weighted by Gasteiger charge is -2.38. The van der Waals surface area contributed by atoms with Crippen molar-refractivity contribution in [2.45, 2.75) is 31.9 Å². The van der Waals surface area contributed by atoms with Gasteiger partial charge in [0.05, 0.1) is 17.5 Å². The van der Waals surface area contributed by atoms with Crippen LogP contribution in [0.5, 0.6) is 0 Å². The standard InChI is InChI=1S/C16H24N6O/c1-10-4-14(16-18-17-9-22(16)19-10)21-7-11-5-13(20(2)3)15(23)6-12(11)8-21/h4,9,11-13,15,23H,5-8H2,1-3H3/t11-,12+,13-,15-/m1/s1. The molecule has 0 bridgehead atoms. The van der Waals surface area contributed by atoms with Crippen LogP contribution in [0.2, 0.25) is 0 Å². The topological polar surface area (TPSA) is 69.8 Å². The van der Waals surface area contributed by atoms with Crippen LogP contribution in [0.1, 0.15) is 18.5 Å². The molecule has 2 aromatic rings. The molecular weight excluding hydrogens is 292 g/mol. The summed E-state index contributed by atoms with van der Waals surface area (Å²) in [4.78, 5) is 4.57. The molecule has 2 aliphatic rings. The molecular formula is C16H24N6O. The summed E-state index contributed by atoms with van der Waals surface area (Å²) in [7, 11) is 4.12. The Hall–Kier alpha value is -1.73. The van der Waals surface area contributed by atoms with E-state index in [4.69, 9.17) is 0 Å². The van der Waals surface area contributed by atoms with Crippen LogP contribution in [0.25, 0.3) is 5.65 Å². The lowest BCUT2D eigenvalue weighted by Crippen LogP contribution is -2.46. The highest BCUT2D eigenvalue weighted by atomic mass is 16.3. The number of aliphatic hydroxyl groups is 1. The van der Waals surface area contributed by atoms with Crippen molar-refractivity contribution in [3.05, 3.63) is 18.1 Å². The molecule has 4 rings (SSSR count). The van der Waals surface area contributed by atoms with Gasteiger partial charge in [0.25, 0.3) is 0 Å². The fourth-order valence-corrected chi connectivity index (χ4v) is 4.32. The summed E-state index contributed by atoms with van der Waals surface area (Å²) in [6.07, 6.45) is 3.37. The molecule has 1 saturated heterocycles. The van der Waals surface area contributed by atoms with Gasteiger partial charge in [-0.05, 0) is 51.8 Å². The molecule has 1 saturated carbocycles. The van der Waals surface area contributed by atoms with Gasteiger partial charge in [0.1, 0.15) is 6.33 Å². The number of likely N-dealkylation sites (N-methyl/N-ethyl adjacent to an activating group) is 1. The van der Waals surface area contributed by atoms with E-state index < -0.39 is 0 Å². The van der Waals surface area contributed by atoms with Gasteiger partial charge in [-0.1, -0.05) is 0 Å². The quantitative estimate of drug-likeness (QED) is 0.873. The zero-order chi connectivity index (χ0) is 16.1. The van der Waals surface area contributed by atoms with E-state index in [0.29, 0.717) is 11.8 Å². The van der Waals surface area contributed by atoms with Gasteiger partial charge in [-0.3, -0.25) is 0 Å². The summed E-state index contributed by atoms with van der Waals surface area (Å²) in [5, 5.41) is 23.1. The number of aromatic nitrogens is 4. The van der Waals surface area contributed by atoms with Gasteiger partial charge in [-0.25, -0.2) is 0 Å². The van der Waals surface area contributed by atoms with E-state index >= 15 is 0 Å².